The molecule has 0 spiro atoms. The van der Waals surface area contributed by atoms with Crippen molar-refractivity contribution < 1.29 is 0 Å². The first kappa shape index (κ1) is 10.9. The van der Waals surface area contributed by atoms with Gasteiger partial charge in [-0.1, -0.05) is 0 Å². The fourth-order valence-electron chi connectivity index (χ4n) is 1.12. The van der Waals surface area contributed by atoms with Gasteiger partial charge in [0, 0.05) is 25.7 Å². The second-order valence-electron chi connectivity index (χ2n) is 3.44. The summed E-state index contributed by atoms with van der Waals surface area (Å²) < 4.78 is 0. The van der Waals surface area contributed by atoms with Crippen molar-refractivity contribution in [3.05, 3.63) is 18.1 Å². The quantitative estimate of drug-likeness (QED) is 0.759. The maximum Gasteiger partial charge on any atom is 0.131 e. The van der Waals surface area contributed by atoms with Gasteiger partial charge in [0.15, 0.2) is 0 Å². The zero-order valence-electron chi connectivity index (χ0n) is 9.12. The molecular weight excluding hydrogens is 176 g/mol. The molecule has 0 aliphatic rings. The van der Waals surface area contributed by atoms with E-state index < -0.39 is 0 Å². The molecule has 1 heterocycles. The Labute approximate surface area is 85.4 Å². The molecule has 0 aliphatic carbocycles. The highest BCUT2D eigenvalue weighted by molar-refractivity contribution is 5.32. The Morgan fingerprint density at radius 2 is 2.21 bits per heavy atom. The van der Waals surface area contributed by atoms with E-state index in [1.54, 1.807) is 6.20 Å². The molecule has 0 amide bonds. The van der Waals surface area contributed by atoms with Gasteiger partial charge < -0.3 is 10.2 Å². The summed E-state index contributed by atoms with van der Waals surface area (Å²) in [7, 11) is 4.10. The van der Waals surface area contributed by atoms with Gasteiger partial charge in [0.2, 0.25) is 0 Å². The van der Waals surface area contributed by atoms with Crippen LogP contribution in [0.15, 0.2) is 12.3 Å². The first-order valence-corrected chi connectivity index (χ1v) is 4.93. The van der Waals surface area contributed by atoms with E-state index in [4.69, 9.17) is 0 Å². The first-order valence-electron chi connectivity index (χ1n) is 4.93. The van der Waals surface area contributed by atoms with Crippen molar-refractivity contribution in [2.45, 2.75) is 13.3 Å². The van der Waals surface area contributed by atoms with E-state index in [1.807, 2.05) is 20.2 Å². The van der Waals surface area contributed by atoms with Crippen molar-refractivity contribution in [1.82, 2.24) is 14.9 Å². The molecule has 0 saturated carbocycles. The van der Waals surface area contributed by atoms with Crippen molar-refractivity contribution in [3.63, 3.8) is 0 Å². The van der Waals surface area contributed by atoms with Crippen LogP contribution in [-0.4, -0.2) is 42.1 Å². The van der Waals surface area contributed by atoms with E-state index in [9.17, 15) is 0 Å². The number of nitrogens with zero attached hydrogens (tertiary/aromatic N) is 3. The molecule has 0 bridgehead atoms. The van der Waals surface area contributed by atoms with E-state index in [1.165, 1.54) is 0 Å². The highest BCUT2D eigenvalue weighted by Gasteiger charge is 1.99. The largest absolute Gasteiger partial charge is 0.370 e. The van der Waals surface area contributed by atoms with Crippen LogP contribution in [0.3, 0.4) is 0 Å². The summed E-state index contributed by atoms with van der Waals surface area (Å²) in [6.07, 6.45) is 2.70. The number of hydrogen-bond acceptors (Lipinski definition) is 4. The normalized spacial score (nSPS) is 10.6. The average molecular weight is 194 g/mol. The Kier molecular flexibility index (Phi) is 4.32. The van der Waals surface area contributed by atoms with Gasteiger partial charge in [-0.25, -0.2) is 9.97 Å². The molecule has 0 saturated heterocycles. The third-order valence-electron chi connectivity index (χ3n) is 1.85. The lowest BCUT2D eigenvalue weighted by Crippen LogP contribution is -2.16. The van der Waals surface area contributed by atoms with Gasteiger partial charge >= 0.3 is 0 Å². The summed E-state index contributed by atoms with van der Waals surface area (Å²) >= 11 is 0. The highest BCUT2D eigenvalue weighted by atomic mass is 15.1. The summed E-state index contributed by atoms with van der Waals surface area (Å²) in [4.78, 5) is 10.7. The number of hydrogen-bond donors (Lipinski definition) is 1. The molecule has 4 heteroatoms. The van der Waals surface area contributed by atoms with Gasteiger partial charge in [-0.15, -0.1) is 0 Å². The lowest BCUT2D eigenvalue weighted by Gasteiger charge is -2.08. The third kappa shape index (κ3) is 3.70. The van der Waals surface area contributed by atoms with E-state index >= 15 is 0 Å². The Balaban J connectivity index is 2.54. The smallest absolute Gasteiger partial charge is 0.131 e. The van der Waals surface area contributed by atoms with Crippen molar-refractivity contribution >= 4 is 5.82 Å². The standard InChI is InChI=1S/C10H18N4/c1-4-11-9-5-7-12-10(13-9)6-8-14(2)3/h5,7H,4,6,8H2,1-3H3,(H,11,12,13). The molecule has 1 aromatic heterocycles. The van der Waals surface area contributed by atoms with Crippen LogP contribution in [0.1, 0.15) is 12.7 Å². The van der Waals surface area contributed by atoms with Crippen molar-refractivity contribution in [2.24, 2.45) is 0 Å². The van der Waals surface area contributed by atoms with Crippen LogP contribution < -0.4 is 5.32 Å². The summed E-state index contributed by atoms with van der Waals surface area (Å²) in [6.45, 7) is 3.93. The van der Waals surface area contributed by atoms with Crippen molar-refractivity contribution in [2.75, 3.05) is 32.5 Å². The SMILES string of the molecule is CCNc1ccnc(CCN(C)C)n1. The lowest BCUT2D eigenvalue weighted by atomic mass is 10.3. The third-order valence-corrected chi connectivity index (χ3v) is 1.85. The van der Waals surface area contributed by atoms with Crippen LogP contribution in [0.2, 0.25) is 0 Å². The minimum absolute atomic E-state index is 0.893. The van der Waals surface area contributed by atoms with Crippen LogP contribution in [-0.2, 0) is 6.42 Å². The van der Waals surface area contributed by atoms with Gasteiger partial charge in [0.05, 0.1) is 0 Å². The van der Waals surface area contributed by atoms with E-state index in [0.717, 1.165) is 31.2 Å². The Bertz CT molecular complexity index is 273. The highest BCUT2D eigenvalue weighted by Crippen LogP contribution is 2.01. The fraction of sp³-hybridized carbons (Fsp3) is 0.600. The van der Waals surface area contributed by atoms with Gasteiger partial charge in [-0.2, -0.15) is 0 Å². The second kappa shape index (κ2) is 5.54. The summed E-state index contributed by atoms with van der Waals surface area (Å²) in [5.74, 6) is 1.81. The fourth-order valence-corrected chi connectivity index (χ4v) is 1.12. The number of nitrogens with one attached hydrogen (secondary N) is 1. The number of aromatic nitrogens is 2. The maximum absolute atomic E-state index is 4.39. The Morgan fingerprint density at radius 1 is 1.43 bits per heavy atom. The molecule has 0 aromatic carbocycles. The molecule has 0 unspecified atom stereocenters. The zero-order chi connectivity index (χ0) is 10.4. The number of likely N-dealkylation sites (N-methyl/N-ethyl adjacent to an activating group) is 1. The van der Waals surface area contributed by atoms with Gasteiger partial charge in [0.25, 0.3) is 0 Å². The molecule has 0 fully saturated rings. The molecule has 0 atom stereocenters. The van der Waals surface area contributed by atoms with E-state index in [-0.39, 0.29) is 0 Å². The number of rotatable bonds is 5. The maximum atomic E-state index is 4.39. The Morgan fingerprint density at radius 3 is 2.86 bits per heavy atom. The van der Waals surface area contributed by atoms with Gasteiger partial charge in [0.1, 0.15) is 11.6 Å². The summed E-state index contributed by atoms with van der Waals surface area (Å²) in [5, 5.41) is 3.17. The minimum atomic E-state index is 0.893. The van der Waals surface area contributed by atoms with Crippen LogP contribution in [0.25, 0.3) is 0 Å². The monoisotopic (exact) mass is 194 g/mol. The van der Waals surface area contributed by atoms with Crippen molar-refractivity contribution in [1.29, 1.82) is 0 Å². The topological polar surface area (TPSA) is 41.1 Å². The molecule has 0 radical (unpaired) electrons. The molecule has 4 nitrogen and oxygen atoms in total. The first-order chi connectivity index (χ1) is 6.72. The van der Waals surface area contributed by atoms with Gasteiger partial charge in [-0.05, 0) is 27.1 Å². The molecular formula is C10H18N4. The summed E-state index contributed by atoms with van der Waals surface area (Å²) in [6, 6.07) is 1.89. The lowest BCUT2D eigenvalue weighted by molar-refractivity contribution is 0.409. The molecule has 78 valence electrons. The van der Waals surface area contributed by atoms with Crippen LogP contribution in [0.5, 0.6) is 0 Å². The van der Waals surface area contributed by atoms with Gasteiger partial charge in [-0.3, -0.25) is 0 Å². The molecule has 0 aliphatic heterocycles. The van der Waals surface area contributed by atoms with E-state index in [0.29, 0.717) is 0 Å². The average Bonchev–Trinajstić information content (AvgIpc) is 2.16. The molecule has 14 heavy (non-hydrogen) atoms. The van der Waals surface area contributed by atoms with Crippen LogP contribution in [0, 0.1) is 0 Å². The molecule has 1 N–H and O–H groups in total. The van der Waals surface area contributed by atoms with E-state index in [2.05, 4.69) is 27.1 Å². The predicted octanol–water partition coefficient (Wildman–Crippen LogP) is 1.01. The predicted molar refractivity (Wildman–Crippen MR) is 58.5 cm³/mol. The minimum Gasteiger partial charge on any atom is -0.370 e. The number of anilines is 1. The summed E-state index contributed by atoms with van der Waals surface area (Å²) in [5.41, 5.74) is 0. The zero-order valence-corrected chi connectivity index (χ0v) is 9.12. The van der Waals surface area contributed by atoms with Crippen LogP contribution in [0.4, 0.5) is 5.82 Å². The molecule has 1 aromatic rings. The van der Waals surface area contributed by atoms with Crippen molar-refractivity contribution in [3.8, 4) is 0 Å². The second-order valence-corrected chi connectivity index (χ2v) is 3.44. The Hall–Kier alpha value is -1.16. The molecule has 1 rings (SSSR count). The van der Waals surface area contributed by atoms with Crippen LogP contribution >= 0.6 is 0 Å².